The summed E-state index contributed by atoms with van der Waals surface area (Å²) in [5.41, 5.74) is 7.67. The number of ketones is 1. The number of nitrogens with zero attached hydrogens (tertiary/aromatic N) is 2. The van der Waals surface area contributed by atoms with Crippen LogP contribution in [0.2, 0.25) is 0 Å². The molecule has 2 aromatic rings. The fourth-order valence-corrected chi connectivity index (χ4v) is 3.50. The third-order valence-corrected chi connectivity index (χ3v) is 5.58. The van der Waals surface area contributed by atoms with E-state index in [0.29, 0.717) is 0 Å². The van der Waals surface area contributed by atoms with Crippen LogP contribution >= 0.6 is 0 Å². The zero-order valence-electron chi connectivity index (χ0n) is 15.8. The van der Waals surface area contributed by atoms with Crippen molar-refractivity contribution in [2.24, 2.45) is 0 Å². The van der Waals surface area contributed by atoms with Gasteiger partial charge in [-0.2, -0.15) is 0 Å². The highest BCUT2D eigenvalue weighted by atomic mass is 16.1. The molecule has 132 valence electrons. The molecule has 0 spiro atoms. The first kappa shape index (κ1) is 17.7. The molecule has 1 fully saturated rings. The van der Waals surface area contributed by atoms with Crippen LogP contribution in [-0.4, -0.2) is 36.9 Å². The van der Waals surface area contributed by atoms with Crippen LogP contribution in [0, 0.1) is 20.8 Å². The topological polar surface area (TPSA) is 23.6 Å². The molecule has 0 aliphatic carbocycles. The van der Waals surface area contributed by atoms with Gasteiger partial charge in [-0.1, -0.05) is 12.1 Å². The standard InChI is InChI=1S/C22H28N2O/c1-16-5-6-21(18(3)17(16)2)15-23-11-13-24(14-12-23)22-9-7-20(8-10-22)19(4)25/h5-10H,11-15H2,1-4H3. The smallest absolute Gasteiger partial charge is 0.159 e. The van der Waals surface area contributed by atoms with Crippen LogP contribution in [0.1, 0.15) is 39.5 Å². The lowest BCUT2D eigenvalue weighted by atomic mass is 9.98. The lowest BCUT2D eigenvalue weighted by Crippen LogP contribution is -2.46. The van der Waals surface area contributed by atoms with E-state index < -0.39 is 0 Å². The predicted octanol–water partition coefficient (Wildman–Crippen LogP) is 4.14. The number of Topliss-reactive ketones (excluding diaryl/α,β-unsaturated/α-hetero) is 1. The van der Waals surface area contributed by atoms with Crippen LogP contribution in [-0.2, 0) is 6.54 Å². The molecule has 3 heteroatoms. The van der Waals surface area contributed by atoms with Crippen LogP contribution < -0.4 is 4.90 Å². The van der Waals surface area contributed by atoms with Gasteiger partial charge in [-0.3, -0.25) is 9.69 Å². The third-order valence-electron chi connectivity index (χ3n) is 5.58. The summed E-state index contributed by atoms with van der Waals surface area (Å²) in [6.07, 6.45) is 0. The fourth-order valence-electron chi connectivity index (χ4n) is 3.50. The van der Waals surface area contributed by atoms with Gasteiger partial charge in [-0.05, 0) is 74.2 Å². The maximum atomic E-state index is 11.4. The van der Waals surface area contributed by atoms with Crippen LogP contribution in [0.15, 0.2) is 36.4 Å². The average Bonchev–Trinajstić information content (AvgIpc) is 2.63. The van der Waals surface area contributed by atoms with E-state index in [-0.39, 0.29) is 5.78 Å². The van der Waals surface area contributed by atoms with E-state index in [1.54, 1.807) is 6.92 Å². The molecular weight excluding hydrogens is 308 g/mol. The van der Waals surface area contributed by atoms with Crippen molar-refractivity contribution in [2.75, 3.05) is 31.1 Å². The summed E-state index contributed by atoms with van der Waals surface area (Å²) in [4.78, 5) is 16.4. The number of benzene rings is 2. The molecule has 1 aliphatic heterocycles. The summed E-state index contributed by atoms with van der Waals surface area (Å²) >= 11 is 0. The summed E-state index contributed by atoms with van der Waals surface area (Å²) in [6, 6.07) is 12.5. The van der Waals surface area contributed by atoms with Gasteiger partial charge in [0.2, 0.25) is 0 Å². The molecule has 0 atom stereocenters. The molecule has 3 nitrogen and oxygen atoms in total. The van der Waals surface area contributed by atoms with Crippen LogP contribution in [0.3, 0.4) is 0 Å². The van der Waals surface area contributed by atoms with Crippen molar-refractivity contribution < 1.29 is 4.79 Å². The number of aryl methyl sites for hydroxylation is 1. The molecule has 25 heavy (non-hydrogen) atoms. The van der Waals surface area contributed by atoms with Gasteiger partial charge in [-0.15, -0.1) is 0 Å². The minimum absolute atomic E-state index is 0.125. The van der Waals surface area contributed by atoms with E-state index >= 15 is 0 Å². The van der Waals surface area contributed by atoms with Crippen LogP contribution in [0.5, 0.6) is 0 Å². The first-order valence-electron chi connectivity index (χ1n) is 9.09. The van der Waals surface area contributed by atoms with Crippen molar-refractivity contribution in [2.45, 2.75) is 34.2 Å². The van der Waals surface area contributed by atoms with Gasteiger partial charge < -0.3 is 4.90 Å². The normalized spacial score (nSPS) is 15.4. The highest BCUT2D eigenvalue weighted by Gasteiger charge is 2.18. The van der Waals surface area contributed by atoms with E-state index in [1.807, 2.05) is 12.1 Å². The molecule has 3 rings (SSSR count). The van der Waals surface area contributed by atoms with Gasteiger partial charge in [0.1, 0.15) is 0 Å². The molecule has 2 aromatic carbocycles. The SMILES string of the molecule is CC(=O)c1ccc(N2CCN(Cc3ccc(C)c(C)c3C)CC2)cc1. The molecule has 0 unspecified atom stereocenters. The number of hydrogen-bond acceptors (Lipinski definition) is 3. The minimum Gasteiger partial charge on any atom is -0.369 e. The van der Waals surface area contributed by atoms with Gasteiger partial charge in [0.15, 0.2) is 5.78 Å². The monoisotopic (exact) mass is 336 g/mol. The molecule has 0 saturated carbocycles. The van der Waals surface area contributed by atoms with E-state index in [9.17, 15) is 4.79 Å². The highest BCUT2D eigenvalue weighted by molar-refractivity contribution is 5.94. The Morgan fingerprint density at radius 3 is 2.12 bits per heavy atom. The van der Waals surface area contributed by atoms with Crippen molar-refractivity contribution in [3.63, 3.8) is 0 Å². The molecular formula is C22H28N2O. The quantitative estimate of drug-likeness (QED) is 0.784. The van der Waals surface area contributed by atoms with E-state index in [4.69, 9.17) is 0 Å². The molecule has 1 aliphatic rings. The Kier molecular flexibility index (Phi) is 5.24. The Morgan fingerprint density at radius 1 is 0.880 bits per heavy atom. The number of hydrogen-bond donors (Lipinski definition) is 0. The molecule has 1 saturated heterocycles. The Labute approximate surface area is 151 Å². The Morgan fingerprint density at radius 2 is 1.52 bits per heavy atom. The molecule has 0 radical (unpaired) electrons. The second-order valence-corrected chi connectivity index (χ2v) is 7.16. The largest absolute Gasteiger partial charge is 0.369 e. The molecule has 0 N–H and O–H groups in total. The van der Waals surface area contributed by atoms with Crippen LogP contribution in [0.4, 0.5) is 5.69 Å². The Hall–Kier alpha value is -2.13. The maximum absolute atomic E-state index is 11.4. The Bertz CT molecular complexity index is 756. The van der Waals surface area contributed by atoms with Crippen molar-refractivity contribution in [1.29, 1.82) is 0 Å². The lowest BCUT2D eigenvalue weighted by Gasteiger charge is -2.36. The fraction of sp³-hybridized carbons (Fsp3) is 0.409. The molecule has 1 heterocycles. The van der Waals surface area contributed by atoms with E-state index in [2.05, 4.69) is 54.8 Å². The number of piperazine rings is 1. The summed E-state index contributed by atoms with van der Waals surface area (Å²) < 4.78 is 0. The van der Waals surface area contributed by atoms with Crippen molar-refractivity contribution in [3.05, 3.63) is 64.2 Å². The van der Waals surface area contributed by atoms with Crippen molar-refractivity contribution >= 4 is 11.5 Å². The molecule has 0 bridgehead atoms. The third kappa shape index (κ3) is 3.93. The van der Waals surface area contributed by atoms with Crippen molar-refractivity contribution in [3.8, 4) is 0 Å². The molecule has 0 aromatic heterocycles. The molecule has 0 amide bonds. The van der Waals surface area contributed by atoms with Crippen LogP contribution in [0.25, 0.3) is 0 Å². The average molecular weight is 336 g/mol. The van der Waals surface area contributed by atoms with Gasteiger partial charge in [0.05, 0.1) is 0 Å². The minimum atomic E-state index is 0.125. The summed E-state index contributed by atoms with van der Waals surface area (Å²) in [5.74, 6) is 0.125. The summed E-state index contributed by atoms with van der Waals surface area (Å²) in [7, 11) is 0. The first-order chi connectivity index (χ1) is 12.0. The highest BCUT2D eigenvalue weighted by Crippen LogP contribution is 2.21. The summed E-state index contributed by atoms with van der Waals surface area (Å²) in [6.45, 7) is 13.5. The van der Waals surface area contributed by atoms with Gasteiger partial charge in [0, 0.05) is 44.0 Å². The lowest BCUT2D eigenvalue weighted by molar-refractivity contribution is 0.101. The predicted molar refractivity (Wildman–Crippen MR) is 105 cm³/mol. The number of carbonyl (C=O) groups is 1. The number of rotatable bonds is 4. The maximum Gasteiger partial charge on any atom is 0.159 e. The van der Waals surface area contributed by atoms with Gasteiger partial charge in [-0.25, -0.2) is 0 Å². The second kappa shape index (κ2) is 7.40. The van der Waals surface area contributed by atoms with Gasteiger partial charge >= 0.3 is 0 Å². The zero-order valence-corrected chi connectivity index (χ0v) is 15.8. The van der Waals surface area contributed by atoms with E-state index in [1.165, 1.54) is 27.9 Å². The Balaban J connectivity index is 1.60. The number of anilines is 1. The van der Waals surface area contributed by atoms with Gasteiger partial charge in [0.25, 0.3) is 0 Å². The summed E-state index contributed by atoms with van der Waals surface area (Å²) in [5, 5.41) is 0. The van der Waals surface area contributed by atoms with Crippen molar-refractivity contribution in [1.82, 2.24) is 4.90 Å². The second-order valence-electron chi connectivity index (χ2n) is 7.16. The van der Waals surface area contributed by atoms with E-state index in [0.717, 1.165) is 38.3 Å². The number of carbonyl (C=O) groups excluding carboxylic acids is 1. The first-order valence-corrected chi connectivity index (χ1v) is 9.09. The zero-order chi connectivity index (χ0) is 18.0.